The summed E-state index contributed by atoms with van der Waals surface area (Å²) >= 11 is 0. The zero-order chi connectivity index (χ0) is 19.2. The van der Waals surface area contributed by atoms with E-state index in [0.717, 1.165) is 22.4 Å². The van der Waals surface area contributed by atoms with Gasteiger partial charge in [0.25, 0.3) is 11.8 Å². The van der Waals surface area contributed by atoms with Crippen LogP contribution in [0.4, 0.5) is 5.69 Å². The second-order valence-corrected chi connectivity index (χ2v) is 6.32. The second kappa shape index (κ2) is 8.27. The van der Waals surface area contributed by atoms with Gasteiger partial charge < -0.3 is 10.6 Å². The number of aryl methyl sites for hydroxylation is 1. The molecule has 0 aliphatic carbocycles. The van der Waals surface area contributed by atoms with Crippen molar-refractivity contribution < 1.29 is 9.59 Å². The lowest BCUT2D eigenvalue weighted by Crippen LogP contribution is -2.23. The van der Waals surface area contributed by atoms with Crippen molar-refractivity contribution in [3.8, 4) is 0 Å². The number of pyridine rings is 1. The highest BCUT2D eigenvalue weighted by atomic mass is 16.2. The van der Waals surface area contributed by atoms with Crippen molar-refractivity contribution in [1.29, 1.82) is 0 Å². The first-order valence-electron chi connectivity index (χ1n) is 8.69. The minimum Gasteiger partial charge on any atom is -0.348 e. The average molecular weight is 359 g/mol. The van der Waals surface area contributed by atoms with Crippen molar-refractivity contribution in [2.24, 2.45) is 0 Å². The van der Waals surface area contributed by atoms with Crippen LogP contribution in [0.25, 0.3) is 0 Å². The molecule has 2 N–H and O–H groups in total. The van der Waals surface area contributed by atoms with Crippen molar-refractivity contribution >= 4 is 17.5 Å². The summed E-state index contributed by atoms with van der Waals surface area (Å²) < 4.78 is 0. The monoisotopic (exact) mass is 359 g/mol. The van der Waals surface area contributed by atoms with Gasteiger partial charge in [-0.3, -0.25) is 14.6 Å². The molecule has 136 valence electrons. The topological polar surface area (TPSA) is 71.1 Å². The lowest BCUT2D eigenvalue weighted by molar-refractivity contribution is 0.0951. The van der Waals surface area contributed by atoms with E-state index in [0.29, 0.717) is 17.7 Å². The molecule has 0 aliphatic rings. The van der Waals surface area contributed by atoms with Gasteiger partial charge in [0.05, 0.1) is 0 Å². The van der Waals surface area contributed by atoms with Crippen molar-refractivity contribution in [3.05, 3.63) is 94.8 Å². The highest BCUT2D eigenvalue weighted by Gasteiger charge is 2.12. The largest absolute Gasteiger partial charge is 0.348 e. The third kappa shape index (κ3) is 4.58. The Morgan fingerprint density at radius 1 is 0.889 bits per heavy atom. The van der Waals surface area contributed by atoms with E-state index in [1.165, 1.54) is 0 Å². The normalized spacial score (nSPS) is 10.3. The summed E-state index contributed by atoms with van der Waals surface area (Å²) in [5.41, 5.74) is 4.74. The highest BCUT2D eigenvalue weighted by Crippen LogP contribution is 2.19. The fraction of sp³-hybridized carbons (Fsp3) is 0.136. The summed E-state index contributed by atoms with van der Waals surface area (Å²) in [5.74, 6) is -0.472. The number of benzene rings is 2. The van der Waals surface area contributed by atoms with Gasteiger partial charge in [-0.2, -0.15) is 0 Å². The van der Waals surface area contributed by atoms with E-state index in [9.17, 15) is 9.59 Å². The van der Waals surface area contributed by atoms with Crippen LogP contribution < -0.4 is 10.6 Å². The molecule has 0 fully saturated rings. The van der Waals surface area contributed by atoms with Gasteiger partial charge in [0.1, 0.15) is 0 Å². The second-order valence-electron chi connectivity index (χ2n) is 6.32. The van der Waals surface area contributed by atoms with Gasteiger partial charge >= 0.3 is 0 Å². The summed E-state index contributed by atoms with van der Waals surface area (Å²) in [5, 5.41) is 5.76. The number of anilines is 1. The number of aromatic nitrogens is 1. The van der Waals surface area contributed by atoms with E-state index in [-0.39, 0.29) is 11.8 Å². The van der Waals surface area contributed by atoms with Crippen LogP contribution in [0.3, 0.4) is 0 Å². The summed E-state index contributed by atoms with van der Waals surface area (Å²) in [7, 11) is 0. The molecule has 2 aromatic carbocycles. The molecule has 1 heterocycles. The maximum Gasteiger partial charge on any atom is 0.255 e. The van der Waals surface area contributed by atoms with Crippen LogP contribution in [0, 0.1) is 13.8 Å². The third-order valence-electron chi connectivity index (χ3n) is 4.44. The van der Waals surface area contributed by atoms with Crippen molar-refractivity contribution in [3.63, 3.8) is 0 Å². The molecule has 0 saturated carbocycles. The number of carbonyl (C=O) groups is 2. The zero-order valence-electron chi connectivity index (χ0n) is 15.3. The van der Waals surface area contributed by atoms with Crippen LogP contribution in [0.5, 0.6) is 0 Å². The molecule has 0 aliphatic heterocycles. The van der Waals surface area contributed by atoms with Gasteiger partial charge in [0.15, 0.2) is 0 Å². The van der Waals surface area contributed by atoms with Gasteiger partial charge in [-0.05, 0) is 66.9 Å². The van der Waals surface area contributed by atoms with Crippen LogP contribution in [0.1, 0.15) is 37.4 Å². The summed E-state index contributed by atoms with van der Waals surface area (Å²) in [6.07, 6.45) is 3.36. The summed E-state index contributed by atoms with van der Waals surface area (Å²) in [6, 6.07) is 16.1. The average Bonchev–Trinajstić information content (AvgIpc) is 2.70. The van der Waals surface area contributed by atoms with Crippen LogP contribution in [0.15, 0.2) is 67.0 Å². The molecule has 27 heavy (non-hydrogen) atoms. The Hall–Kier alpha value is -3.47. The van der Waals surface area contributed by atoms with Gasteiger partial charge in [-0.25, -0.2) is 0 Å². The molecule has 3 aromatic rings. The molecule has 3 rings (SSSR count). The summed E-state index contributed by atoms with van der Waals surface area (Å²) in [6.45, 7) is 4.37. The zero-order valence-corrected chi connectivity index (χ0v) is 15.3. The molecule has 5 heteroatoms. The fourth-order valence-electron chi connectivity index (χ4n) is 2.67. The lowest BCUT2D eigenvalue weighted by Gasteiger charge is -2.11. The lowest BCUT2D eigenvalue weighted by atomic mass is 10.1. The molecular formula is C22H21N3O2. The number of nitrogens with zero attached hydrogens (tertiary/aromatic N) is 1. The highest BCUT2D eigenvalue weighted by molar-refractivity contribution is 6.06. The molecule has 0 spiro atoms. The quantitative estimate of drug-likeness (QED) is 0.726. The maximum atomic E-state index is 12.6. The van der Waals surface area contributed by atoms with E-state index in [4.69, 9.17) is 0 Å². The van der Waals surface area contributed by atoms with E-state index < -0.39 is 0 Å². The Kier molecular flexibility index (Phi) is 5.61. The van der Waals surface area contributed by atoms with E-state index >= 15 is 0 Å². The molecule has 0 bridgehead atoms. The molecule has 2 amide bonds. The number of hydrogen-bond donors (Lipinski definition) is 2. The predicted octanol–water partition coefficient (Wildman–Crippen LogP) is 3.88. The van der Waals surface area contributed by atoms with Crippen molar-refractivity contribution in [2.45, 2.75) is 20.4 Å². The van der Waals surface area contributed by atoms with Gasteiger partial charge in [-0.15, -0.1) is 0 Å². The first-order chi connectivity index (χ1) is 13.0. The molecule has 0 radical (unpaired) electrons. The molecule has 1 aromatic heterocycles. The van der Waals surface area contributed by atoms with Crippen LogP contribution >= 0.6 is 0 Å². The Morgan fingerprint density at radius 3 is 2.30 bits per heavy atom. The van der Waals surface area contributed by atoms with Crippen molar-refractivity contribution in [2.75, 3.05) is 5.32 Å². The third-order valence-corrected chi connectivity index (χ3v) is 4.44. The summed E-state index contributed by atoms with van der Waals surface area (Å²) in [4.78, 5) is 28.9. The van der Waals surface area contributed by atoms with Crippen LogP contribution in [-0.2, 0) is 6.54 Å². The van der Waals surface area contributed by atoms with Gasteiger partial charge in [0, 0.05) is 35.8 Å². The predicted molar refractivity (Wildman–Crippen MR) is 106 cm³/mol. The molecule has 0 atom stereocenters. The molecule has 5 nitrogen and oxygen atoms in total. The van der Waals surface area contributed by atoms with Crippen molar-refractivity contribution in [1.82, 2.24) is 10.3 Å². The van der Waals surface area contributed by atoms with E-state index in [2.05, 4.69) is 15.6 Å². The van der Waals surface area contributed by atoms with E-state index in [1.54, 1.807) is 36.7 Å². The Morgan fingerprint density at radius 2 is 1.56 bits per heavy atom. The number of carbonyl (C=O) groups excluding carboxylic acids is 2. The Labute approximate surface area is 158 Å². The van der Waals surface area contributed by atoms with Crippen LogP contribution in [0.2, 0.25) is 0 Å². The number of hydrogen-bond acceptors (Lipinski definition) is 3. The maximum absolute atomic E-state index is 12.6. The number of nitrogens with one attached hydrogen (secondary N) is 2. The standard InChI is InChI=1S/C22H21N3O2/c1-15-5-3-8-20(16(15)2)25-22(27)19-7-4-6-18(13-19)21(26)24-14-17-9-11-23-12-10-17/h3-13H,14H2,1-2H3,(H,24,26)(H,25,27). The first-order valence-corrected chi connectivity index (χ1v) is 8.69. The molecular weight excluding hydrogens is 338 g/mol. The van der Waals surface area contributed by atoms with Crippen LogP contribution in [-0.4, -0.2) is 16.8 Å². The smallest absolute Gasteiger partial charge is 0.255 e. The van der Waals surface area contributed by atoms with Gasteiger partial charge in [-0.1, -0.05) is 18.2 Å². The SMILES string of the molecule is Cc1cccc(NC(=O)c2cccc(C(=O)NCc3ccncc3)c2)c1C. The number of amides is 2. The van der Waals surface area contributed by atoms with E-state index in [1.807, 2.05) is 44.2 Å². The fourth-order valence-corrected chi connectivity index (χ4v) is 2.67. The Bertz CT molecular complexity index is 968. The minimum absolute atomic E-state index is 0.229. The minimum atomic E-state index is -0.243. The van der Waals surface area contributed by atoms with Gasteiger partial charge in [0.2, 0.25) is 0 Å². The molecule has 0 saturated heterocycles. The number of rotatable bonds is 5. The molecule has 0 unspecified atom stereocenters. The first kappa shape index (κ1) is 18.3. The Balaban J connectivity index is 1.70.